The zero-order valence-corrected chi connectivity index (χ0v) is 41.6. The fraction of sp³-hybridized carbons (Fsp3) is 0.945. The predicted octanol–water partition coefficient (Wildman–Crippen LogP) is 17.8. The molecule has 0 aliphatic rings. The molecule has 0 unspecified atom stereocenters. The zero-order valence-electron chi connectivity index (χ0n) is 41.6. The Morgan fingerprint density at radius 2 is 0.541 bits per heavy atom. The van der Waals surface area contributed by atoms with Gasteiger partial charge in [0.2, 0.25) is 0 Å². The number of hydrogen-bond acceptors (Lipinski definition) is 6. The van der Waals surface area contributed by atoms with E-state index in [0.29, 0.717) is 19.3 Å². The van der Waals surface area contributed by atoms with Gasteiger partial charge in [-0.15, -0.1) is 0 Å². The molecule has 0 aromatic heterocycles. The second-order valence-electron chi connectivity index (χ2n) is 19.3. The minimum atomic E-state index is -0.760. The third-order valence-electron chi connectivity index (χ3n) is 12.5. The number of esters is 3. The van der Waals surface area contributed by atoms with Crippen LogP contribution < -0.4 is 0 Å². The number of hydrogen-bond donors (Lipinski definition) is 0. The van der Waals surface area contributed by atoms with E-state index in [-0.39, 0.29) is 31.1 Å². The summed E-state index contributed by atoms with van der Waals surface area (Å²) in [6.45, 7) is 9.04. The molecule has 1 atom stereocenters. The first-order chi connectivity index (χ1) is 29.9. The lowest BCUT2D eigenvalue weighted by Crippen LogP contribution is -2.30. The Morgan fingerprint density at radius 1 is 0.311 bits per heavy atom. The fourth-order valence-electron chi connectivity index (χ4n) is 8.39. The molecule has 0 rings (SSSR count). The SMILES string of the molecule is CCCCCCCCCCCCCCCCC(=O)O[C@H](COC(=O)CCCCCCCCCCCC)COC(=O)CCCCCCCCCCCCCCCCCCC(C)C. The summed E-state index contributed by atoms with van der Waals surface area (Å²) in [6.07, 6.45) is 52.3. The van der Waals surface area contributed by atoms with Crippen LogP contribution in [0, 0.1) is 5.92 Å². The van der Waals surface area contributed by atoms with Crippen molar-refractivity contribution in [3.8, 4) is 0 Å². The maximum absolute atomic E-state index is 12.8. The van der Waals surface area contributed by atoms with Crippen LogP contribution in [0.4, 0.5) is 0 Å². The Kier molecular flexibility index (Phi) is 48.1. The van der Waals surface area contributed by atoms with Crippen molar-refractivity contribution in [2.75, 3.05) is 13.2 Å². The molecule has 0 bridgehead atoms. The molecule has 6 nitrogen and oxygen atoms in total. The monoisotopic (exact) mass is 863 g/mol. The van der Waals surface area contributed by atoms with E-state index in [1.165, 1.54) is 205 Å². The Morgan fingerprint density at radius 3 is 0.803 bits per heavy atom. The summed E-state index contributed by atoms with van der Waals surface area (Å²) in [5.41, 5.74) is 0. The van der Waals surface area contributed by atoms with Gasteiger partial charge in [0.25, 0.3) is 0 Å². The van der Waals surface area contributed by atoms with E-state index >= 15 is 0 Å². The lowest BCUT2D eigenvalue weighted by atomic mass is 10.0. The Bertz CT molecular complexity index is 918. The molecule has 0 heterocycles. The number of ether oxygens (including phenoxy) is 3. The normalized spacial score (nSPS) is 12.0. The highest BCUT2D eigenvalue weighted by atomic mass is 16.6. The van der Waals surface area contributed by atoms with Crippen molar-refractivity contribution in [3.05, 3.63) is 0 Å². The van der Waals surface area contributed by atoms with Crippen LogP contribution in [0.1, 0.15) is 310 Å². The Labute approximate surface area is 380 Å². The second kappa shape index (κ2) is 49.4. The van der Waals surface area contributed by atoms with Crippen LogP contribution in [0.2, 0.25) is 0 Å². The molecule has 0 saturated carbocycles. The van der Waals surface area contributed by atoms with Gasteiger partial charge in [0, 0.05) is 19.3 Å². The van der Waals surface area contributed by atoms with Crippen LogP contribution >= 0.6 is 0 Å². The lowest BCUT2D eigenvalue weighted by Gasteiger charge is -2.18. The molecule has 61 heavy (non-hydrogen) atoms. The van der Waals surface area contributed by atoms with Gasteiger partial charge in [-0.1, -0.05) is 272 Å². The molecule has 362 valence electrons. The summed E-state index contributed by atoms with van der Waals surface area (Å²) in [5, 5.41) is 0. The molecular formula is C55H106O6. The van der Waals surface area contributed by atoms with Crippen LogP contribution in [0.5, 0.6) is 0 Å². The lowest BCUT2D eigenvalue weighted by molar-refractivity contribution is -0.167. The average Bonchev–Trinajstić information content (AvgIpc) is 3.24. The molecule has 0 aromatic carbocycles. The van der Waals surface area contributed by atoms with Crippen molar-refractivity contribution in [1.29, 1.82) is 0 Å². The summed E-state index contributed by atoms with van der Waals surface area (Å²) in [4.78, 5) is 38.0. The third-order valence-corrected chi connectivity index (χ3v) is 12.5. The topological polar surface area (TPSA) is 78.9 Å². The maximum Gasteiger partial charge on any atom is 0.306 e. The third kappa shape index (κ3) is 49.3. The van der Waals surface area contributed by atoms with Crippen molar-refractivity contribution in [2.24, 2.45) is 5.92 Å². The van der Waals surface area contributed by atoms with Gasteiger partial charge in [0.15, 0.2) is 6.10 Å². The maximum atomic E-state index is 12.8. The molecular weight excluding hydrogens is 757 g/mol. The minimum absolute atomic E-state index is 0.0622. The van der Waals surface area contributed by atoms with E-state index in [0.717, 1.165) is 63.7 Å². The summed E-state index contributed by atoms with van der Waals surface area (Å²) in [6, 6.07) is 0. The van der Waals surface area contributed by atoms with Crippen LogP contribution in [0.15, 0.2) is 0 Å². The van der Waals surface area contributed by atoms with E-state index in [1.54, 1.807) is 0 Å². The number of rotatable bonds is 50. The highest BCUT2D eigenvalue weighted by Crippen LogP contribution is 2.17. The van der Waals surface area contributed by atoms with Crippen molar-refractivity contribution in [2.45, 2.75) is 316 Å². The summed E-state index contributed by atoms with van der Waals surface area (Å²) in [5.74, 6) is 0.0118. The first-order valence-electron chi connectivity index (χ1n) is 27.4. The van der Waals surface area contributed by atoms with Crippen LogP contribution in [0.3, 0.4) is 0 Å². The van der Waals surface area contributed by atoms with E-state index in [9.17, 15) is 14.4 Å². The molecule has 0 aliphatic heterocycles. The van der Waals surface area contributed by atoms with E-state index in [4.69, 9.17) is 14.2 Å². The largest absolute Gasteiger partial charge is 0.462 e. The van der Waals surface area contributed by atoms with Gasteiger partial charge < -0.3 is 14.2 Å². The molecule has 6 heteroatoms. The molecule has 0 radical (unpaired) electrons. The van der Waals surface area contributed by atoms with Crippen LogP contribution in [-0.2, 0) is 28.6 Å². The van der Waals surface area contributed by atoms with Gasteiger partial charge >= 0.3 is 17.9 Å². The highest BCUT2D eigenvalue weighted by Gasteiger charge is 2.19. The van der Waals surface area contributed by atoms with E-state index in [2.05, 4.69) is 27.7 Å². The van der Waals surface area contributed by atoms with Crippen molar-refractivity contribution >= 4 is 17.9 Å². The summed E-state index contributed by atoms with van der Waals surface area (Å²) in [7, 11) is 0. The van der Waals surface area contributed by atoms with Crippen molar-refractivity contribution in [3.63, 3.8) is 0 Å². The summed E-state index contributed by atoms with van der Waals surface area (Å²) < 4.78 is 16.8. The standard InChI is InChI=1S/C55H106O6/c1-5-7-9-11-13-15-17-18-24-28-32-36-40-44-48-55(58)61-52(49-59-53(56)46-42-38-34-30-16-14-12-10-8-6-2)50-60-54(57)47-43-39-35-31-27-25-22-20-19-21-23-26-29-33-37-41-45-51(3)4/h51-52H,5-50H2,1-4H3/t52-/m1/s1. The predicted molar refractivity (Wildman–Crippen MR) is 261 cm³/mol. The molecule has 0 aromatic rings. The first-order valence-corrected chi connectivity index (χ1v) is 27.4. The van der Waals surface area contributed by atoms with Crippen LogP contribution in [0.25, 0.3) is 0 Å². The Hall–Kier alpha value is -1.59. The average molecular weight is 863 g/mol. The molecule has 0 N–H and O–H groups in total. The van der Waals surface area contributed by atoms with Gasteiger partial charge in [-0.05, 0) is 25.2 Å². The molecule has 0 spiro atoms. The molecule has 0 saturated heterocycles. The van der Waals surface area contributed by atoms with Crippen molar-refractivity contribution < 1.29 is 28.6 Å². The number of carbonyl (C=O) groups is 3. The second-order valence-corrected chi connectivity index (χ2v) is 19.3. The van der Waals surface area contributed by atoms with Crippen LogP contribution in [-0.4, -0.2) is 37.2 Å². The summed E-state index contributed by atoms with van der Waals surface area (Å²) >= 11 is 0. The van der Waals surface area contributed by atoms with Gasteiger partial charge in [-0.2, -0.15) is 0 Å². The van der Waals surface area contributed by atoms with Gasteiger partial charge in [0.05, 0.1) is 0 Å². The fourth-order valence-corrected chi connectivity index (χ4v) is 8.39. The Balaban J connectivity index is 4.23. The van der Waals surface area contributed by atoms with E-state index in [1.807, 2.05) is 0 Å². The van der Waals surface area contributed by atoms with Gasteiger partial charge in [-0.3, -0.25) is 14.4 Å². The molecule has 0 amide bonds. The number of unbranched alkanes of at least 4 members (excludes halogenated alkanes) is 37. The van der Waals surface area contributed by atoms with Gasteiger partial charge in [0.1, 0.15) is 13.2 Å². The van der Waals surface area contributed by atoms with Gasteiger partial charge in [-0.25, -0.2) is 0 Å². The molecule has 0 fully saturated rings. The quantitative estimate of drug-likeness (QED) is 0.0344. The smallest absolute Gasteiger partial charge is 0.306 e. The number of carbonyl (C=O) groups excluding carboxylic acids is 3. The zero-order chi connectivity index (χ0) is 44.5. The highest BCUT2D eigenvalue weighted by molar-refractivity contribution is 5.71. The first kappa shape index (κ1) is 59.4. The van der Waals surface area contributed by atoms with E-state index < -0.39 is 6.10 Å². The molecule has 0 aliphatic carbocycles. The van der Waals surface area contributed by atoms with Crippen molar-refractivity contribution in [1.82, 2.24) is 0 Å². The minimum Gasteiger partial charge on any atom is -0.462 e.